The van der Waals surface area contributed by atoms with E-state index in [1.165, 1.54) is 9.75 Å². The Balaban J connectivity index is 2.15. The van der Waals surface area contributed by atoms with Crippen LogP contribution >= 0.6 is 11.3 Å². The first-order valence-corrected chi connectivity index (χ1v) is 7.73. The van der Waals surface area contributed by atoms with E-state index in [2.05, 4.69) is 30.9 Å². The summed E-state index contributed by atoms with van der Waals surface area (Å²) in [4.78, 5) is 5.40. The topological polar surface area (TPSA) is 38.5 Å². The lowest BCUT2D eigenvalue weighted by Crippen LogP contribution is -2.48. The van der Waals surface area contributed by atoms with Crippen LogP contribution in [0.3, 0.4) is 0 Å². The smallest absolute Gasteiger partial charge is 0.0622 e. The molecule has 2 unspecified atom stereocenters. The van der Waals surface area contributed by atoms with Crippen molar-refractivity contribution < 1.29 is 4.74 Å². The van der Waals surface area contributed by atoms with Crippen LogP contribution in [0.25, 0.3) is 0 Å². The third-order valence-corrected chi connectivity index (χ3v) is 5.06. The van der Waals surface area contributed by atoms with Gasteiger partial charge in [0.05, 0.1) is 19.3 Å². The van der Waals surface area contributed by atoms with E-state index in [9.17, 15) is 0 Å². The van der Waals surface area contributed by atoms with Crippen molar-refractivity contribution in [2.75, 3.05) is 26.3 Å². The Bertz CT molecular complexity index is 366. The quantitative estimate of drug-likeness (QED) is 0.891. The molecule has 1 fully saturated rings. The van der Waals surface area contributed by atoms with Gasteiger partial charge in [-0.2, -0.15) is 0 Å². The average Bonchev–Trinajstić information content (AvgIpc) is 2.89. The van der Waals surface area contributed by atoms with Gasteiger partial charge >= 0.3 is 0 Å². The minimum Gasteiger partial charge on any atom is -0.378 e. The molecule has 1 saturated heterocycles. The summed E-state index contributed by atoms with van der Waals surface area (Å²) in [6, 6.07) is 5.37. The molecule has 0 spiro atoms. The van der Waals surface area contributed by atoms with Crippen LogP contribution in [0.5, 0.6) is 0 Å². The minimum absolute atomic E-state index is 0.365. The summed E-state index contributed by atoms with van der Waals surface area (Å²) in [5.41, 5.74) is 6.03. The van der Waals surface area contributed by atoms with Gasteiger partial charge in [-0.1, -0.05) is 13.8 Å². The second-order valence-corrected chi connectivity index (χ2v) is 5.98. The normalized spacial score (nSPS) is 23.2. The molecule has 1 aliphatic rings. The Labute approximate surface area is 114 Å². The van der Waals surface area contributed by atoms with Gasteiger partial charge in [0.25, 0.3) is 0 Å². The molecule has 2 heterocycles. The molecule has 102 valence electrons. The maximum atomic E-state index is 6.03. The van der Waals surface area contributed by atoms with Crippen molar-refractivity contribution in [3.8, 4) is 0 Å². The fraction of sp³-hybridized carbons (Fsp3) is 0.714. The van der Waals surface area contributed by atoms with Gasteiger partial charge in [0.1, 0.15) is 0 Å². The van der Waals surface area contributed by atoms with Crippen LogP contribution < -0.4 is 5.73 Å². The lowest BCUT2D eigenvalue weighted by molar-refractivity contribution is -0.0284. The lowest BCUT2D eigenvalue weighted by atomic mass is 10.1. The molecule has 2 atom stereocenters. The second-order valence-electron chi connectivity index (χ2n) is 4.78. The van der Waals surface area contributed by atoms with Crippen molar-refractivity contribution in [2.24, 2.45) is 5.73 Å². The Kier molecular flexibility index (Phi) is 5.18. The molecule has 0 aliphatic carbocycles. The van der Waals surface area contributed by atoms with E-state index in [4.69, 9.17) is 10.5 Å². The van der Waals surface area contributed by atoms with Gasteiger partial charge < -0.3 is 10.5 Å². The van der Waals surface area contributed by atoms with Crippen molar-refractivity contribution in [3.63, 3.8) is 0 Å². The van der Waals surface area contributed by atoms with Gasteiger partial charge in [-0.15, -0.1) is 11.3 Å². The maximum Gasteiger partial charge on any atom is 0.0622 e. The van der Waals surface area contributed by atoms with Gasteiger partial charge in [0.15, 0.2) is 0 Å². The van der Waals surface area contributed by atoms with E-state index in [0.717, 1.165) is 32.6 Å². The first-order valence-electron chi connectivity index (χ1n) is 6.92. The zero-order valence-electron chi connectivity index (χ0n) is 11.4. The molecule has 1 aromatic rings. The average molecular weight is 268 g/mol. The van der Waals surface area contributed by atoms with Crippen LogP contribution in [-0.4, -0.2) is 37.2 Å². The third kappa shape index (κ3) is 2.94. The molecule has 0 bridgehead atoms. The van der Waals surface area contributed by atoms with Crippen LogP contribution in [-0.2, 0) is 11.2 Å². The molecular weight excluding hydrogens is 244 g/mol. The molecule has 3 nitrogen and oxygen atoms in total. The highest BCUT2D eigenvalue weighted by molar-refractivity contribution is 7.12. The van der Waals surface area contributed by atoms with Crippen LogP contribution in [0.2, 0.25) is 0 Å². The van der Waals surface area contributed by atoms with E-state index in [1.54, 1.807) is 0 Å². The molecule has 0 saturated carbocycles. The first-order chi connectivity index (χ1) is 8.80. The summed E-state index contributed by atoms with van der Waals surface area (Å²) in [6.07, 6.45) is 2.24. The van der Waals surface area contributed by atoms with Crippen LogP contribution in [0.15, 0.2) is 12.1 Å². The number of hydrogen-bond acceptors (Lipinski definition) is 4. The van der Waals surface area contributed by atoms with Crippen molar-refractivity contribution in [2.45, 2.75) is 38.8 Å². The highest BCUT2D eigenvalue weighted by Gasteiger charge is 2.29. The van der Waals surface area contributed by atoms with Crippen molar-refractivity contribution in [1.82, 2.24) is 4.90 Å². The summed E-state index contributed by atoms with van der Waals surface area (Å²) in [7, 11) is 0. The SMILES string of the molecule is CCc1ccc(C(CN)N2CCOCC2CC)s1. The van der Waals surface area contributed by atoms with Crippen LogP contribution in [0, 0.1) is 0 Å². The monoisotopic (exact) mass is 268 g/mol. The number of nitrogens with zero attached hydrogens (tertiary/aromatic N) is 1. The van der Waals surface area contributed by atoms with Crippen molar-refractivity contribution >= 4 is 11.3 Å². The summed E-state index contributed by atoms with van der Waals surface area (Å²) >= 11 is 1.91. The predicted molar refractivity (Wildman–Crippen MR) is 77.1 cm³/mol. The second kappa shape index (κ2) is 6.66. The highest BCUT2D eigenvalue weighted by Crippen LogP contribution is 2.30. The zero-order chi connectivity index (χ0) is 13.0. The fourth-order valence-electron chi connectivity index (χ4n) is 2.61. The van der Waals surface area contributed by atoms with E-state index >= 15 is 0 Å². The molecular formula is C14H24N2OS. The van der Waals surface area contributed by atoms with Crippen LogP contribution in [0.4, 0.5) is 0 Å². The van der Waals surface area contributed by atoms with Gasteiger partial charge in [0.2, 0.25) is 0 Å². The number of ether oxygens (including phenoxy) is 1. The molecule has 2 rings (SSSR count). The lowest BCUT2D eigenvalue weighted by Gasteiger charge is -2.40. The molecule has 18 heavy (non-hydrogen) atoms. The summed E-state index contributed by atoms with van der Waals surface area (Å²) in [6.45, 7) is 7.81. The van der Waals surface area contributed by atoms with E-state index in [-0.39, 0.29) is 0 Å². The summed E-state index contributed by atoms with van der Waals surface area (Å²) in [5.74, 6) is 0. The molecule has 0 radical (unpaired) electrons. The Morgan fingerprint density at radius 2 is 2.33 bits per heavy atom. The number of rotatable bonds is 5. The number of nitrogens with two attached hydrogens (primary N) is 1. The molecule has 4 heteroatoms. The number of hydrogen-bond donors (Lipinski definition) is 1. The molecule has 0 amide bonds. The van der Waals surface area contributed by atoms with Crippen molar-refractivity contribution in [1.29, 1.82) is 0 Å². The molecule has 1 aliphatic heterocycles. The zero-order valence-corrected chi connectivity index (χ0v) is 12.2. The van der Waals surface area contributed by atoms with Gasteiger partial charge in [-0.05, 0) is 25.0 Å². The largest absolute Gasteiger partial charge is 0.378 e. The van der Waals surface area contributed by atoms with E-state index in [1.807, 2.05) is 11.3 Å². The number of aryl methyl sites for hydroxylation is 1. The van der Waals surface area contributed by atoms with Gasteiger partial charge in [0, 0.05) is 28.9 Å². The Hall–Kier alpha value is -0.420. The summed E-state index contributed by atoms with van der Waals surface area (Å²) in [5, 5.41) is 0. The van der Waals surface area contributed by atoms with Crippen molar-refractivity contribution in [3.05, 3.63) is 21.9 Å². The maximum absolute atomic E-state index is 6.03. The standard InChI is InChI=1S/C14H24N2OS/c1-3-11-10-17-8-7-16(11)13(9-15)14-6-5-12(4-2)18-14/h5-6,11,13H,3-4,7-10,15H2,1-2H3. The molecule has 1 aromatic heterocycles. The van der Waals surface area contributed by atoms with Gasteiger partial charge in [-0.25, -0.2) is 0 Å². The molecule has 2 N–H and O–H groups in total. The predicted octanol–water partition coefficient (Wildman–Crippen LogP) is 2.42. The van der Waals surface area contributed by atoms with Gasteiger partial charge in [-0.3, -0.25) is 4.90 Å². The number of thiophene rings is 1. The van der Waals surface area contributed by atoms with E-state index < -0.39 is 0 Å². The Morgan fingerprint density at radius 1 is 1.50 bits per heavy atom. The highest BCUT2D eigenvalue weighted by atomic mass is 32.1. The fourth-order valence-corrected chi connectivity index (χ4v) is 3.70. The van der Waals surface area contributed by atoms with E-state index in [0.29, 0.717) is 18.6 Å². The van der Waals surface area contributed by atoms with Crippen LogP contribution in [0.1, 0.15) is 36.1 Å². The Morgan fingerprint density at radius 3 is 2.94 bits per heavy atom. The first kappa shape index (κ1) is 14.0. The molecule has 0 aromatic carbocycles. The number of morpholine rings is 1. The summed E-state index contributed by atoms with van der Waals surface area (Å²) < 4.78 is 5.58. The third-order valence-electron chi connectivity index (χ3n) is 3.73. The minimum atomic E-state index is 0.365.